The molecule has 4 heteroatoms. The van der Waals surface area contributed by atoms with Crippen LogP contribution < -0.4 is 0 Å². The van der Waals surface area contributed by atoms with Crippen LogP contribution in [0.3, 0.4) is 0 Å². The maximum absolute atomic E-state index is 9.97. The van der Waals surface area contributed by atoms with E-state index >= 15 is 0 Å². The van der Waals surface area contributed by atoms with Crippen LogP contribution in [0, 0.1) is 6.92 Å². The van der Waals surface area contributed by atoms with Crippen molar-refractivity contribution in [2.24, 2.45) is 0 Å². The Balaban J connectivity index is 2.33. The number of halogens is 1. The van der Waals surface area contributed by atoms with Gasteiger partial charge in [0, 0.05) is 10.4 Å². The van der Waals surface area contributed by atoms with Gasteiger partial charge in [0.1, 0.15) is 11.9 Å². The largest absolute Gasteiger partial charge is 0.469 e. The highest BCUT2D eigenvalue weighted by Crippen LogP contribution is 2.32. The van der Waals surface area contributed by atoms with E-state index < -0.39 is 6.10 Å². The lowest BCUT2D eigenvalue weighted by molar-refractivity contribution is 0.222. The SMILES string of the molecule is Cc1occc1C(O)c1ccc(Cl)s1. The van der Waals surface area contributed by atoms with Crippen molar-refractivity contribution in [2.75, 3.05) is 0 Å². The summed E-state index contributed by atoms with van der Waals surface area (Å²) in [5.74, 6) is 0.738. The first-order chi connectivity index (χ1) is 6.68. The molecule has 1 N–H and O–H groups in total. The van der Waals surface area contributed by atoms with Gasteiger partial charge < -0.3 is 9.52 Å². The lowest BCUT2D eigenvalue weighted by atomic mass is 10.1. The molecule has 0 radical (unpaired) electrons. The molecule has 74 valence electrons. The number of rotatable bonds is 2. The number of hydrogen-bond acceptors (Lipinski definition) is 3. The Morgan fingerprint density at radius 1 is 1.43 bits per heavy atom. The standard InChI is InChI=1S/C10H9ClO2S/c1-6-7(4-5-13-6)10(12)8-2-3-9(11)14-8/h2-5,10,12H,1H3. The molecule has 0 bridgehead atoms. The zero-order valence-corrected chi connectivity index (χ0v) is 9.10. The molecule has 0 fully saturated rings. The summed E-state index contributed by atoms with van der Waals surface area (Å²) >= 11 is 7.17. The van der Waals surface area contributed by atoms with Gasteiger partial charge in [0.15, 0.2) is 0 Å². The Hall–Kier alpha value is -0.770. The Kier molecular flexibility index (Phi) is 2.63. The Bertz CT molecular complexity index is 433. The minimum atomic E-state index is -0.633. The molecule has 0 aliphatic carbocycles. The molecule has 2 aromatic rings. The summed E-state index contributed by atoms with van der Waals surface area (Å²) in [6, 6.07) is 5.37. The van der Waals surface area contributed by atoms with Crippen LogP contribution in [-0.4, -0.2) is 5.11 Å². The molecule has 1 atom stereocenters. The number of thiophene rings is 1. The van der Waals surface area contributed by atoms with E-state index in [1.807, 2.05) is 13.0 Å². The first kappa shape index (κ1) is 9.77. The van der Waals surface area contributed by atoms with Crippen molar-refractivity contribution in [1.29, 1.82) is 0 Å². The third-order valence-electron chi connectivity index (χ3n) is 2.06. The van der Waals surface area contributed by atoms with E-state index in [2.05, 4.69) is 0 Å². The monoisotopic (exact) mass is 228 g/mol. The molecule has 0 saturated carbocycles. The Morgan fingerprint density at radius 2 is 2.21 bits per heavy atom. The molecule has 0 aliphatic rings. The van der Waals surface area contributed by atoms with Gasteiger partial charge in [-0.3, -0.25) is 0 Å². The fourth-order valence-corrected chi connectivity index (χ4v) is 2.37. The second-order valence-electron chi connectivity index (χ2n) is 2.98. The van der Waals surface area contributed by atoms with E-state index in [0.717, 1.165) is 16.2 Å². The summed E-state index contributed by atoms with van der Waals surface area (Å²) in [4.78, 5) is 0.833. The predicted molar refractivity (Wildman–Crippen MR) is 56.8 cm³/mol. The lowest BCUT2D eigenvalue weighted by Crippen LogP contribution is -1.96. The van der Waals surface area contributed by atoms with E-state index in [4.69, 9.17) is 16.0 Å². The summed E-state index contributed by atoms with van der Waals surface area (Å²) < 4.78 is 5.81. The summed E-state index contributed by atoms with van der Waals surface area (Å²) in [6.45, 7) is 1.83. The van der Waals surface area contributed by atoms with Crippen LogP contribution in [0.15, 0.2) is 28.9 Å². The molecule has 1 unspecified atom stereocenters. The summed E-state index contributed by atoms with van der Waals surface area (Å²) in [7, 11) is 0. The van der Waals surface area contributed by atoms with Crippen LogP contribution in [0.2, 0.25) is 4.34 Å². The van der Waals surface area contributed by atoms with Crippen LogP contribution in [0.4, 0.5) is 0 Å². The molecule has 0 spiro atoms. The van der Waals surface area contributed by atoms with Gasteiger partial charge in [0.25, 0.3) is 0 Å². The highest BCUT2D eigenvalue weighted by atomic mass is 35.5. The fourth-order valence-electron chi connectivity index (χ4n) is 1.31. The van der Waals surface area contributed by atoms with Crippen molar-refractivity contribution >= 4 is 22.9 Å². The maximum Gasteiger partial charge on any atom is 0.117 e. The van der Waals surface area contributed by atoms with Gasteiger partial charge in [0.05, 0.1) is 10.6 Å². The van der Waals surface area contributed by atoms with Gasteiger partial charge in [-0.25, -0.2) is 0 Å². The van der Waals surface area contributed by atoms with Gasteiger partial charge in [0.2, 0.25) is 0 Å². The first-order valence-electron chi connectivity index (χ1n) is 4.16. The molecular weight excluding hydrogens is 220 g/mol. The Labute approximate surface area is 90.8 Å². The minimum absolute atomic E-state index is 0.633. The van der Waals surface area contributed by atoms with E-state index in [1.54, 1.807) is 18.4 Å². The normalized spacial score (nSPS) is 13.1. The van der Waals surface area contributed by atoms with Gasteiger partial charge in [-0.15, -0.1) is 11.3 Å². The molecule has 0 amide bonds. The second-order valence-corrected chi connectivity index (χ2v) is 4.72. The van der Waals surface area contributed by atoms with Gasteiger partial charge >= 0.3 is 0 Å². The second kappa shape index (κ2) is 3.77. The molecule has 0 aromatic carbocycles. The highest BCUT2D eigenvalue weighted by Gasteiger charge is 2.16. The average Bonchev–Trinajstić information content (AvgIpc) is 2.73. The van der Waals surface area contributed by atoms with Crippen LogP contribution in [0.1, 0.15) is 22.3 Å². The lowest BCUT2D eigenvalue weighted by Gasteiger charge is -2.06. The van der Waals surface area contributed by atoms with Crippen LogP contribution >= 0.6 is 22.9 Å². The number of aliphatic hydroxyl groups is 1. The minimum Gasteiger partial charge on any atom is -0.469 e. The molecular formula is C10H9ClO2S. The number of aryl methyl sites for hydroxylation is 1. The predicted octanol–water partition coefficient (Wildman–Crippen LogP) is 3.38. The highest BCUT2D eigenvalue weighted by molar-refractivity contribution is 7.16. The van der Waals surface area contributed by atoms with Crippen molar-refractivity contribution in [3.63, 3.8) is 0 Å². The van der Waals surface area contributed by atoms with Gasteiger partial charge in [-0.1, -0.05) is 11.6 Å². The number of hydrogen-bond donors (Lipinski definition) is 1. The van der Waals surface area contributed by atoms with Crippen molar-refractivity contribution in [3.8, 4) is 0 Å². The number of furan rings is 1. The van der Waals surface area contributed by atoms with Gasteiger partial charge in [-0.05, 0) is 25.1 Å². The molecule has 2 heterocycles. The molecule has 2 rings (SSSR count). The smallest absolute Gasteiger partial charge is 0.117 e. The zero-order valence-electron chi connectivity index (χ0n) is 7.53. The topological polar surface area (TPSA) is 33.4 Å². The van der Waals surface area contributed by atoms with E-state index in [0.29, 0.717) is 4.34 Å². The van der Waals surface area contributed by atoms with Crippen LogP contribution in [0.25, 0.3) is 0 Å². The first-order valence-corrected chi connectivity index (χ1v) is 5.35. The molecule has 2 aromatic heterocycles. The molecule has 0 aliphatic heterocycles. The zero-order chi connectivity index (χ0) is 10.1. The number of aliphatic hydroxyl groups excluding tert-OH is 1. The maximum atomic E-state index is 9.97. The molecule has 0 saturated heterocycles. The summed E-state index contributed by atoms with van der Waals surface area (Å²) in [6.07, 6.45) is 0.939. The van der Waals surface area contributed by atoms with E-state index in [9.17, 15) is 5.11 Å². The van der Waals surface area contributed by atoms with E-state index in [1.165, 1.54) is 11.3 Å². The van der Waals surface area contributed by atoms with Crippen LogP contribution in [0.5, 0.6) is 0 Å². The van der Waals surface area contributed by atoms with Crippen molar-refractivity contribution in [3.05, 3.63) is 45.0 Å². The summed E-state index contributed by atoms with van der Waals surface area (Å²) in [5.41, 5.74) is 0.795. The van der Waals surface area contributed by atoms with Crippen LogP contribution in [-0.2, 0) is 0 Å². The van der Waals surface area contributed by atoms with Crippen molar-refractivity contribution in [2.45, 2.75) is 13.0 Å². The third kappa shape index (κ3) is 1.71. The summed E-state index contributed by atoms with van der Waals surface area (Å²) in [5, 5.41) is 9.97. The molecule has 14 heavy (non-hydrogen) atoms. The van der Waals surface area contributed by atoms with Crippen molar-refractivity contribution in [1.82, 2.24) is 0 Å². The average molecular weight is 229 g/mol. The molecule has 2 nitrogen and oxygen atoms in total. The van der Waals surface area contributed by atoms with E-state index in [-0.39, 0.29) is 0 Å². The Morgan fingerprint density at radius 3 is 2.71 bits per heavy atom. The quantitative estimate of drug-likeness (QED) is 0.855. The van der Waals surface area contributed by atoms with Gasteiger partial charge in [-0.2, -0.15) is 0 Å². The third-order valence-corrected chi connectivity index (χ3v) is 3.34. The fraction of sp³-hybridized carbons (Fsp3) is 0.200. The van der Waals surface area contributed by atoms with Crippen molar-refractivity contribution < 1.29 is 9.52 Å².